The molecule has 1 aliphatic rings. The minimum atomic E-state index is -1.33. The van der Waals surface area contributed by atoms with Crippen molar-refractivity contribution in [1.82, 2.24) is 0 Å². The van der Waals surface area contributed by atoms with Crippen LogP contribution in [0, 0.1) is 6.92 Å². The quantitative estimate of drug-likeness (QED) is 0.546. The van der Waals surface area contributed by atoms with Crippen LogP contribution in [0.5, 0.6) is 17.2 Å². The van der Waals surface area contributed by atoms with E-state index >= 15 is 0 Å². The maximum absolute atomic E-state index is 12.6. The second-order valence-corrected chi connectivity index (χ2v) is 5.24. The molecule has 4 N–H and O–H groups in total. The van der Waals surface area contributed by atoms with Crippen molar-refractivity contribution in [2.75, 3.05) is 0 Å². The molecule has 2 aromatic carbocycles. The summed E-state index contributed by atoms with van der Waals surface area (Å²) in [6, 6.07) is 3.68. The Morgan fingerprint density at radius 3 is 2.27 bits per heavy atom. The number of phenolic OH excluding ortho intramolecular Hbond substituents is 2. The van der Waals surface area contributed by atoms with Crippen molar-refractivity contribution in [3.63, 3.8) is 0 Å². The molecule has 1 aliphatic carbocycles. The molecule has 0 amide bonds. The molecule has 0 aliphatic heterocycles. The Balaban J connectivity index is 2.31. The predicted octanol–water partition coefficient (Wildman–Crippen LogP) is 1.95. The molecular formula is C16H12O6. The molecule has 2 aromatic rings. The van der Waals surface area contributed by atoms with Crippen LogP contribution >= 0.6 is 0 Å². The van der Waals surface area contributed by atoms with E-state index in [-0.39, 0.29) is 40.2 Å². The second-order valence-electron chi connectivity index (χ2n) is 5.24. The smallest absolute Gasteiger partial charge is 0.339 e. The Morgan fingerprint density at radius 1 is 1.00 bits per heavy atom. The Labute approximate surface area is 124 Å². The average Bonchev–Trinajstić information content (AvgIpc) is 2.35. The van der Waals surface area contributed by atoms with Gasteiger partial charge in [-0.2, -0.15) is 0 Å². The minimum Gasteiger partial charge on any atom is -0.508 e. The summed E-state index contributed by atoms with van der Waals surface area (Å²) >= 11 is 0. The molecule has 0 atom stereocenters. The van der Waals surface area contributed by atoms with Crippen LogP contribution in [0.4, 0.5) is 0 Å². The van der Waals surface area contributed by atoms with Crippen molar-refractivity contribution in [2.45, 2.75) is 13.3 Å². The lowest BCUT2D eigenvalue weighted by atomic mass is 9.80. The van der Waals surface area contributed by atoms with Gasteiger partial charge in [0.1, 0.15) is 22.8 Å². The summed E-state index contributed by atoms with van der Waals surface area (Å²) in [5.74, 6) is -2.78. The Bertz CT molecular complexity index is 850. The van der Waals surface area contributed by atoms with E-state index in [1.807, 2.05) is 0 Å². The highest BCUT2D eigenvalue weighted by atomic mass is 16.4. The highest BCUT2D eigenvalue weighted by Crippen LogP contribution is 2.39. The Hall–Kier alpha value is -3.02. The number of ketones is 1. The summed E-state index contributed by atoms with van der Waals surface area (Å²) in [7, 11) is 0. The van der Waals surface area contributed by atoms with E-state index in [1.54, 1.807) is 0 Å². The maximum Gasteiger partial charge on any atom is 0.339 e. The normalized spacial score (nSPS) is 12.7. The van der Waals surface area contributed by atoms with Crippen LogP contribution < -0.4 is 0 Å². The summed E-state index contributed by atoms with van der Waals surface area (Å²) in [6.45, 7) is 1.45. The number of carbonyl (C=O) groups is 2. The molecule has 0 aromatic heterocycles. The summed E-state index contributed by atoms with van der Waals surface area (Å²) in [6.07, 6.45) is 0.201. The van der Waals surface area contributed by atoms with E-state index in [9.17, 15) is 24.9 Å². The number of carbonyl (C=O) groups excluding carboxylic acids is 1. The van der Waals surface area contributed by atoms with Crippen molar-refractivity contribution in [2.24, 2.45) is 0 Å². The maximum atomic E-state index is 12.6. The van der Waals surface area contributed by atoms with Gasteiger partial charge in [-0.05, 0) is 42.2 Å². The lowest BCUT2D eigenvalue weighted by molar-refractivity contribution is 0.0693. The van der Waals surface area contributed by atoms with E-state index in [1.165, 1.54) is 19.1 Å². The summed E-state index contributed by atoms with van der Waals surface area (Å²) in [5.41, 5.74) is 0.943. The molecule has 0 saturated heterocycles. The molecule has 0 bridgehead atoms. The molecule has 22 heavy (non-hydrogen) atoms. The highest BCUT2D eigenvalue weighted by Gasteiger charge is 2.31. The van der Waals surface area contributed by atoms with Crippen LogP contribution in [0.2, 0.25) is 0 Å². The van der Waals surface area contributed by atoms with Gasteiger partial charge in [0.2, 0.25) is 0 Å². The van der Waals surface area contributed by atoms with Crippen molar-refractivity contribution >= 4 is 11.8 Å². The average molecular weight is 300 g/mol. The molecule has 6 nitrogen and oxygen atoms in total. The fourth-order valence-electron chi connectivity index (χ4n) is 2.99. The van der Waals surface area contributed by atoms with Crippen molar-refractivity contribution in [1.29, 1.82) is 0 Å². The third-order valence-corrected chi connectivity index (χ3v) is 3.87. The first-order valence-corrected chi connectivity index (χ1v) is 6.49. The van der Waals surface area contributed by atoms with E-state index in [2.05, 4.69) is 0 Å². The number of carboxylic acids is 1. The zero-order chi connectivity index (χ0) is 16.2. The minimum absolute atomic E-state index is 0.0513. The number of fused-ring (bicyclic) bond motifs is 2. The van der Waals surface area contributed by atoms with Gasteiger partial charge in [-0.3, -0.25) is 4.79 Å². The van der Waals surface area contributed by atoms with Crippen LogP contribution in [0.15, 0.2) is 18.2 Å². The SMILES string of the molecule is Cc1c(C(=O)O)c(O)cc2c1C(=O)c1c(O)cc(O)cc1C2. The summed E-state index contributed by atoms with van der Waals surface area (Å²) < 4.78 is 0. The van der Waals surface area contributed by atoms with E-state index in [4.69, 9.17) is 5.11 Å². The first-order chi connectivity index (χ1) is 10.3. The van der Waals surface area contributed by atoms with E-state index in [0.717, 1.165) is 6.07 Å². The van der Waals surface area contributed by atoms with Gasteiger partial charge in [0, 0.05) is 11.6 Å². The fraction of sp³-hybridized carbons (Fsp3) is 0.125. The monoisotopic (exact) mass is 300 g/mol. The van der Waals surface area contributed by atoms with Gasteiger partial charge in [0.15, 0.2) is 5.78 Å². The molecule has 0 spiro atoms. The number of aromatic carboxylic acids is 1. The number of benzene rings is 2. The van der Waals surface area contributed by atoms with E-state index in [0.29, 0.717) is 11.1 Å². The largest absolute Gasteiger partial charge is 0.508 e. The van der Waals surface area contributed by atoms with Gasteiger partial charge in [-0.25, -0.2) is 4.79 Å². The number of hydrogen-bond acceptors (Lipinski definition) is 5. The number of aromatic hydroxyl groups is 3. The Morgan fingerprint density at radius 2 is 1.64 bits per heavy atom. The van der Waals surface area contributed by atoms with Gasteiger partial charge in [0.05, 0.1) is 5.56 Å². The standard InChI is InChI=1S/C16H12O6/c1-6-12-8(4-10(18)13(6)16(21)22)2-7-3-9(17)5-11(19)14(7)15(12)20/h3-5,17-19H,2H2,1H3,(H,21,22). The molecule has 112 valence electrons. The lowest BCUT2D eigenvalue weighted by Gasteiger charge is -2.22. The number of carboxylic acid groups (broad SMARTS) is 1. The fourth-order valence-corrected chi connectivity index (χ4v) is 2.99. The van der Waals surface area contributed by atoms with Gasteiger partial charge in [-0.15, -0.1) is 0 Å². The number of rotatable bonds is 1. The van der Waals surface area contributed by atoms with Crippen LogP contribution in [-0.4, -0.2) is 32.2 Å². The van der Waals surface area contributed by atoms with Gasteiger partial charge in [-0.1, -0.05) is 0 Å². The zero-order valence-corrected chi connectivity index (χ0v) is 11.5. The van der Waals surface area contributed by atoms with Crippen molar-refractivity contribution in [3.05, 3.63) is 51.6 Å². The molecular weight excluding hydrogens is 288 g/mol. The Kier molecular flexibility index (Phi) is 2.84. The van der Waals surface area contributed by atoms with Crippen molar-refractivity contribution in [3.8, 4) is 17.2 Å². The number of hydrogen-bond donors (Lipinski definition) is 4. The molecule has 0 unspecified atom stereocenters. The molecule has 0 saturated carbocycles. The lowest BCUT2D eigenvalue weighted by Crippen LogP contribution is -2.19. The molecule has 3 rings (SSSR count). The third-order valence-electron chi connectivity index (χ3n) is 3.87. The van der Waals surface area contributed by atoms with Gasteiger partial charge >= 0.3 is 5.97 Å². The third kappa shape index (κ3) is 1.81. The zero-order valence-electron chi connectivity index (χ0n) is 11.5. The van der Waals surface area contributed by atoms with Gasteiger partial charge < -0.3 is 20.4 Å². The molecule has 0 heterocycles. The number of phenols is 3. The van der Waals surface area contributed by atoms with Crippen LogP contribution in [0.3, 0.4) is 0 Å². The van der Waals surface area contributed by atoms with E-state index < -0.39 is 17.5 Å². The summed E-state index contributed by atoms with van der Waals surface area (Å²) in [4.78, 5) is 23.9. The summed E-state index contributed by atoms with van der Waals surface area (Å²) in [5, 5.41) is 38.5. The van der Waals surface area contributed by atoms with Crippen molar-refractivity contribution < 1.29 is 30.0 Å². The molecule has 6 heteroatoms. The predicted molar refractivity (Wildman–Crippen MR) is 75.8 cm³/mol. The second kappa shape index (κ2) is 4.49. The molecule has 0 fully saturated rings. The van der Waals surface area contributed by atoms with Crippen LogP contribution in [-0.2, 0) is 6.42 Å². The van der Waals surface area contributed by atoms with Gasteiger partial charge in [0.25, 0.3) is 0 Å². The van der Waals surface area contributed by atoms with Crippen LogP contribution in [0.25, 0.3) is 0 Å². The molecule has 0 radical (unpaired) electrons. The topological polar surface area (TPSA) is 115 Å². The first kappa shape index (κ1) is 13.9. The highest BCUT2D eigenvalue weighted by molar-refractivity contribution is 6.16. The first-order valence-electron chi connectivity index (χ1n) is 6.49. The van der Waals surface area contributed by atoms with Crippen LogP contribution in [0.1, 0.15) is 43.0 Å².